The molecule has 0 radical (unpaired) electrons. The normalized spacial score (nSPS) is 10.7. The first-order valence-electron chi connectivity index (χ1n) is 6.25. The highest BCUT2D eigenvalue weighted by Gasteiger charge is 2.09. The maximum absolute atomic E-state index is 11.5. The quantitative estimate of drug-likeness (QED) is 0.773. The van der Waals surface area contributed by atoms with Crippen LogP contribution in [0.15, 0.2) is 29.6 Å². The van der Waals surface area contributed by atoms with Crippen LogP contribution in [0.5, 0.6) is 5.75 Å². The lowest BCUT2D eigenvalue weighted by Gasteiger charge is -2.08. The molecule has 1 aromatic carbocycles. The summed E-state index contributed by atoms with van der Waals surface area (Å²) in [5, 5.41) is 3.12. The minimum absolute atomic E-state index is 0.0109. The average Bonchev–Trinajstić information content (AvgIpc) is 2.85. The van der Waals surface area contributed by atoms with Crippen LogP contribution in [0.1, 0.15) is 47.7 Å². The van der Waals surface area contributed by atoms with E-state index in [1.165, 1.54) is 0 Å². The minimum atomic E-state index is 0.0109. The van der Waals surface area contributed by atoms with Crippen molar-refractivity contribution in [1.82, 2.24) is 4.98 Å². The highest BCUT2D eigenvalue weighted by Crippen LogP contribution is 2.22. The van der Waals surface area contributed by atoms with Gasteiger partial charge in [0.05, 0.1) is 16.3 Å². The number of hydrogen-bond acceptors (Lipinski definition) is 4. The first kappa shape index (κ1) is 13.7. The number of hydrogen-bond donors (Lipinski definition) is 0. The van der Waals surface area contributed by atoms with E-state index in [1.54, 1.807) is 24.3 Å². The van der Waals surface area contributed by atoms with Gasteiger partial charge in [0.2, 0.25) is 0 Å². The number of aromatic nitrogens is 1. The van der Waals surface area contributed by atoms with E-state index in [-0.39, 0.29) is 5.78 Å². The van der Waals surface area contributed by atoms with Crippen molar-refractivity contribution in [3.05, 3.63) is 45.9 Å². The van der Waals surface area contributed by atoms with Gasteiger partial charge >= 0.3 is 0 Å². The lowest BCUT2D eigenvalue weighted by molar-refractivity contribution is 0.101. The molecule has 0 aliphatic rings. The third-order valence-corrected chi connectivity index (χ3v) is 3.90. The van der Waals surface area contributed by atoms with Gasteiger partial charge in [-0.05, 0) is 19.1 Å². The van der Waals surface area contributed by atoms with Crippen LogP contribution >= 0.6 is 11.3 Å². The minimum Gasteiger partial charge on any atom is -0.487 e. The summed E-state index contributed by atoms with van der Waals surface area (Å²) < 4.78 is 5.70. The van der Waals surface area contributed by atoms with Gasteiger partial charge < -0.3 is 4.74 Å². The van der Waals surface area contributed by atoms with Crippen LogP contribution in [0.2, 0.25) is 0 Å². The lowest BCUT2D eigenvalue weighted by atomic mass is 10.1. The van der Waals surface area contributed by atoms with Crippen LogP contribution in [0, 0.1) is 0 Å². The van der Waals surface area contributed by atoms with E-state index in [0.717, 1.165) is 10.7 Å². The van der Waals surface area contributed by atoms with E-state index in [1.807, 2.05) is 23.6 Å². The highest BCUT2D eigenvalue weighted by atomic mass is 32.1. The van der Waals surface area contributed by atoms with Gasteiger partial charge in [0, 0.05) is 11.3 Å². The van der Waals surface area contributed by atoms with Gasteiger partial charge in [0.25, 0.3) is 0 Å². The maximum atomic E-state index is 11.5. The fourth-order valence-corrected chi connectivity index (χ4v) is 2.51. The van der Waals surface area contributed by atoms with Crippen molar-refractivity contribution in [3.63, 3.8) is 0 Å². The van der Waals surface area contributed by atoms with E-state index in [0.29, 0.717) is 23.8 Å². The van der Waals surface area contributed by atoms with E-state index < -0.39 is 0 Å². The second-order valence-corrected chi connectivity index (χ2v) is 5.56. The van der Waals surface area contributed by atoms with E-state index in [9.17, 15) is 4.79 Å². The molecule has 0 N–H and O–H groups in total. The van der Waals surface area contributed by atoms with Crippen molar-refractivity contribution in [2.24, 2.45) is 0 Å². The SMILES string of the molecule is CC(=O)c1ccccc1OCc1csc(C(C)C)n1. The fraction of sp³-hybridized carbons (Fsp3) is 0.333. The largest absolute Gasteiger partial charge is 0.487 e. The smallest absolute Gasteiger partial charge is 0.163 e. The second-order valence-electron chi connectivity index (χ2n) is 4.67. The highest BCUT2D eigenvalue weighted by molar-refractivity contribution is 7.09. The fourth-order valence-electron chi connectivity index (χ4n) is 1.69. The molecule has 0 spiro atoms. The number of nitrogens with zero attached hydrogens (tertiary/aromatic N) is 1. The summed E-state index contributed by atoms with van der Waals surface area (Å²) in [5.74, 6) is 1.06. The Kier molecular flexibility index (Phi) is 4.32. The van der Waals surface area contributed by atoms with Crippen molar-refractivity contribution >= 4 is 17.1 Å². The number of Topliss-reactive ketones (excluding diaryl/α,β-unsaturated/α-hetero) is 1. The molecule has 2 aromatic rings. The number of carbonyl (C=O) groups is 1. The summed E-state index contributed by atoms with van der Waals surface area (Å²) in [4.78, 5) is 16.0. The van der Waals surface area contributed by atoms with Crippen LogP contribution in [0.25, 0.3) is 0 Å². The Bertz CT molecular complexity index is 575. The van der Waals surface area contributed by atoms with Gasteiger partial charge in [0.1, 0.15) is 12.4 Å². The van der Waals surface area contributed by atoms with Crippen LogP contribution in [0.3, 0.4) is 0 Å². The van der Waals surface area contributed by atoms with Gasteiger partial charge in [-0.3, -0.25) is 4.79 Å². The zero-order valence-electron chi connectivity index (χ0n) is 11.3. The molecule has 0 bridgehead atoms. The monoisotopic (exact) mass is 275 g/mol. The predicted octanol–water partition coefficient (Wildman–Crippen LogP) is 4.05. The van der Waals surface area contributed by atoms with Crippen molar-refractivity contribution in [1.29, 1.82) is 0 Å². The zero-order chi connectivity index (χ0) is 13.8. The number of para-hydroxylation sites is 1. The Morgan fingerprint density at radius 1 is 1.37 bits per heavy atom. The van der Waals surface area contributed by atoms with Crippen molar-refractivity contribution < 1.29 is 9.53 Å². The van der Waals surface area contributed by atoms with Crippen LogP contribution in [0.4, 0.5) is 0 Å². The first-order valence-corrected chi connectivity index (χ1v) is 7.13. The van der Waals surface area contributed by atoms with Crippen molar-refractivity contribution in [2.45, 2.75) is 33.3 Å². The second kappa shape index (κ2) is 5.97. The summed E-state index contributed by atoms with van der Waals surface area (Å²) in [7, 11) is 0. The summed E-state index contributed by atoms with van der Waals surface area (Å²) in [6, 6.07) is 7.29. The number of thiazole rings is 1. The van der Waals surface area contributed by atoms with Gasteiger partial charge in [0.15, 0.2) is 5.78 Å². The molecule has 1 aromatic heterocycles. The summed E-state index contributed by atoms with van der Waals surface area (Å²) in [6.45, 7) is 6.18. The number of rotatable bonds is 5. The van der Waals surface area contributed by atoms with Crippen LogP contribution < -0.4 is 4.74 Å². The summed E-state index contributed by atoms with van der Waals surface area (Å²) in [5.41, 5.74) is 1.52. The maximum Gasteiger partial charge on any atom is 0.163 e. The Hall–Kier alpha value is -1.68. The van der Waals surface area contributed by atoms with E-state index in [4.69, 9.17) is 4.74 Å². The molecule has 100 valence electrons. The molecule has 0 unspecified atom stereocenters. The van der Waals surface area contributed by atoms with Gasteiger partial charge in [-0.2, -0.15) is 0 Å². The van der Waals surface area contributed by atoms with E-state index >= 15 is 0 Å². The van der Waals surface area contributed by atoms with Crippen molar-refractivity contribution in [2.75, 3.05) is 0 Å². The Morgan fingerprint density at radius 2 is 2.11 bits per heavy atom. The number of ether oxygens (including phenoxy) is 1. The first-order chi connectivity index (χ1) is 9.08. The number of benzene rings is 1. The van der Waals surface area contributed by atoms with Crippen LogP contribution in [-0.4, -0.2) is 10.8 Å². The van der Waals surface area contributed by atoms with Gasteiger partial charge in [-0.15, -0.1) is 11.3 Å². The molecule has 0 amide bonds. The summed E-state index contributed by atoms with van der Waals surface area (Å²) in [6.07, 6.45) is 0. The molecule has 19 heavy (non-hydrogen) atoms. The third-order valence-electron chi connectivity index (χ3n) is 2.71. The number of carbonyl (C=O) groups excluding carboxylic acids is 1. The zero-order valence-corrected chi connectivity index (χ0v) is 12.2. The number of ketones is 1. The standard InChI is InChI=1S/C15H17NO2S/c1-10(2)15-16-12(9-19-15)8-18-14-7-5-4-6-13(14)11(3)17/h4-7,9-10H,8H2,1-3H3. The lowest BCUT2D eigenvalue weighted by Crippen LogP contribution is -2.02. The third kappa shape index (κ3) is 3.41. The summed E-state index contributed by atoms with van der Waals surface area (Å²) >= 11 is 1.65. The molecule has 2 rings (SSSR count). The van der Waals surface area contributed by atoms with Gasteiger partial charge in [-0.1, -0.05) is 26.0 Å². The van der Waals surface area contributed by atoms with Crippen molar-refractivity contribution in [3.8, 4) is 5.75 Å². The molecule has 4 heteroatoms. The molecule has 1 heterocycles. The molecule has 0 saturated carbocycles. The molecule has 0 aliphatic carbocycles. The van der Waals surface area contributed by atoms with Gasteiger partial charge in [-0.25, -0.2) is 4.98 Å². The molecule has 0 atom stereocenters. The molecule has 3 nitrogen and oxygen atoms in total. The molecule has 0 saturated heterocycles. The van der Waals surface area contributed by atoms with Crippen LogP contribution in [-0.2, 0) is 6.61 Å². The molecule has 0 fully saturated rings. The van der Waals surface area contributed by atoms with E-state index in [2.05, 4.69) is 18.8 Å². The topological polar surface area (TPSA) is 39.2 Å². The molecule has 0 aliphatic heterocycles. The molecular weight excluding hydrogens is 258 g/mol. The average molecular weight is 275 g/mol. The molecular formula is C15H17NO2S. The predicted molar refractivity (Wildman–Crippen MR) is 77.0 cm³/mol. The Morgan fingerprint density at radius 3 is 2.74 bits per heavy atom. The Balaban J connectivity index is 2.08. The Labute approximate surface area is 117 Å².